The van der Waals surface area contributed by atoms with Crippen molar-refractivity contribution >= 4 is 19.9 Å². The molecule has 1 aromatic rings. The molecule has 1 saturated heterocycles. The Labute approximate surface area is 131 Å². The van der Waals surface area contributed by atoms with Gasteiger partial charge in [0.25, 0.3) is 0 Å². The monoisotopic (exact) mass is 347 g/mol. The van der Waals surface area contributed by atoms with Crippen molar-refractivity contribution in [1.29, 1.82) is 0 Å². The Bertz CT molecular complexity index is 721. The summed E-state index contributed by atoms with van der Waals surface area (Å²) in [5.74, 6) is 0. The van der Waals surface area contributed by atoms with Crippen LogP contribution in [0.15, 0.2) is 28.3 Å². The van der Waals surface area contributed by atoms with Gasteiger partial charge in [0, 0.05) is 19.0 Å². The van der Waals surface area contributed by atoms with E-state index in [0.29, 0.717) is 6.54 Å². The fourth-order valence-corrected chi connectivity index (χ4v) is 4.01. The quantitative estimate of drug-likeness (QED) is 0.786. The van der Waals surface area contributed by atoms with Crippen molar-refractivity contribution in [2.24, 2.45) is 5.41 Å². The first kappa shape index (κ1) is 17.3. The van der Waals surface area contributed by atoms with Crippen LogP contribution in [0, 0.1) is 5.41 Å². The number of hydrogen-bond donors (Lipinski definition) is 2. The van der Waals surface area contributed by atoms with Gasteiger partial charge in [-0.2, -0.15) is 0 Å². The van der Waals surface area contributed by atoms with Gasteiger partial charge in [-0.1, -0.05) is 6.92 Å². The minimum Gasteiger partial charge on any atom is -0.317 e. The standard InChI is InChI=1S/C13H21N3O4S2/c1-13(5-7-14-8-6-13)10-16-22(19,20)11-3-4-12(15-9-11)21(2,17)18/h3-4,9,14,16H,5-8,10H2,1-2H3. The molecule has 124 valence electrons. The lowest BCUT2D eigenvalue weighted by molar-refractivity contribution is 0.232. The molecule has 1 aromatic heterocycles. The molecule has 2 heterocycles. The number of nitrogens with one attached hydrogen (secondary N) is 2. The molecule has 0 aliphatic carbocycles. The average molecular weight is 347 g/mol. The Hall–Kier alpha value is -1.03. The predicted octanol–water partition coefficient (Wildman–Crippen LogP) is 0.153. The van der Waals surface area contributed by atoms with Gasteiger partial charge in [-0.25, -0.2) is 26.5 Å². The van der Waals surface area contributed by atoms with Gasteiger partial charge in [-0.15, -0.1) is 0 Å². The Balaban J connectivity index is 2.10. The SMILES string of the molecule is CC1(CNS(=O)(=O)c2ccc(S(C)(=O)=O)nc2)CCNCC1. The molecular weight excluding hydrogens is 326 g/mol. The van der Waals surface area contributed by atoms with Crippen LogP contribution < -0.4 is 10.0 Å². The van der Waals surface area contributed by atoms with E-state index < -0.39 is 19.9 Å². The van der Waals surface area contributed by atoms with E-state index in [-0.39, 0.29) is 15.3 Å². The smallest absolute Gasteiger partial charge is 0.242 e. The third-order valence-electron chi connectivity index (χ3n) is 3.90. The van der Waals surface area contributed by atoms with E-state index in [1.54, 1.807) is 0 Å². The summed E-state index contributed by atoms with van der Waals surface area (Å²) in [5, 5.41) is 3.10. The lowest BCUT2D eigenvalue weighted by Gasteiger charge is -2.34. The van der Waals surface area contributed by atoms with Gasteiger partial charge >= 0.3 is 0 Å². The fraction of sp³-hybridized carbons (Fsp3) is 0.615. The molecule has 0 unspecified atom stereocenters. The molecule has 1 fully saturated rings. The van der Waals surface area contributed by atoms with Crippen LogP contribution in [0.2, 0.25) is 0 Å². The summed E-state index contributed by atoms with van der Waals surface area (Å²) in [6, 6.07) is 2.46. The highest BCUT2D eigenvalue weighted by molar-refractivity contribution is 7.90. The summed E-state index contributed by atoms with van der Waals surface area (Å²) in [5.41, 5.74) is -0.0710. The minimum absolute atomic E-state index is 0.0302. The molecule has 22 heavy (non-hydrogen) atoms. The Morgan fingerprint density at radius 3 is 2.36 bits per heavy atom. The normalized spacial score (nSPS) is 19.0. The van der Waals surface area contributed by atoms with Gasteiger partial charge in [0.15, 0.2) is 14.9 Å². The van der Waals surface area contributed by atoms with E-state index in [0.717, 1.165) is 38.4 Å². The molecule has 2 N–H and O–H groups in total. The lowest BCUT2D eigenvalue weighted by Crippen LogP contribution is -2.42. The molecular formula is C13H21N3O4S2. The summed E-state index contributed by atoms with van der Waals surface area (Å²) >= 11 is 0. The minimum atomic E-state index is -3.69. The zero-order valence-electron chi connectivity index (χ0n) is 12.7. The van der Waals surface area contributed by atoms with Crippen LogP contribution in [0.1, 0.15) is 19.8 Å². The van der Waals surface area contributed by atoms with E-state index >= 15 is 0 Å². The van der Waals surface area contributed by atoms with E-state index in [1.165, 1.54) is 12.1 Å². The summed E-state index contributed by atoms with van der Waals surface area (Å²) in [4.78, 5) is 3.68. The van der Waals surface area contributed by atoms with E-state index in [2.05, 4.69) is 21.9 Å². The maximum Gasteiger partial charge on any atom is 0.242 e. The second-order valence-corrected chi connectivity index (χ2v) is 9.72. The topological polar surface area (TPSA) is 105 Å². The Morgan fingerprint density at radius 2 is 1.86 bits per heavy atom. The number of aromatic nitrogens is 1. The van der Waals surface area contributed by atoms with Crippen LogP contribution in [0.3, 0.4) is 0 Å². The molecule has 0 saturated carbocycles. The molecule has 0 bridgehead atoms. The van der Waals surface area contributed by atoms with Crippen molar-refractivity contribution < 1.29 is 16.8 Å². The van der Waals surface area contributed by atoms with Crippen molar-refractivity contribution in [1.82, 2.24) is 15.0 Å². The Morgan fingerprint density at radius 1 is 1.23 bits per heavy atom. The third-order valence-corrected chi connectivity index (χ3v) is 6.29. The van der Waals surface area contributed by atoms with Gasteiger partial charge in [0.1, 0.15) is 4.90 Å². The zero-order chi connectivity index (χ0) is 16.4. The van der Waals surface area contributed by atoms with Gasteiger partial charge in [-0.3, -0.25) is 0 Å². The number of sulfone groups is 1. The molecule has 0 amide bonds. The molecule has 0 radical (unpaired) electrons. The van der Waals surface area contributed by atoms with Crippen molar-refractivity contribution in [3.63, 3.8) is 0 Å². The predicted molar refractivity (Wildman–Crippen MR) is 82.7 cm³/mol. The number of nitrogens with zero attached hydrogens (tertiary/aromatic N) is 1. The Kier molecular flexibility index (Phi) is 4.90. The number of rotatable bonds is 5. The number of sulfonamides is 1. The highest BCUT2D eigenvalue weighted by Gasteiger charge is 2.28. The summed E-state index contributed by atoms with van der Waals surface area (Å²) in [7, 11) is -7.13. The first-order valence-corrected chi connectivity index (χ1v) is 10.4. The maximum atomic E-state index is 12.3. The fourth-order valence-electron chi connectivity index (χ4n) is 2.30. The maximum absolute atomic E-state index is 12.3. The number of piperidine rings is 1. The second-order valence-electron chi connectivity index (χ2n) is 5.99. The second kappa shape index (κ2) is 6.23. The van der Waals surface area contributed by atoms with Crippen molar-refractivity contribution in [2.45, 2.75) is 29.7 Å². The number of hydrogen-bond acceptors (Lipinski definition) is 6. The van der Waals surface area contributed by atoms with Crippen molar-refractivity contribution in [3.8, 4) is 0 Å². The molecule has 1 aliphatic heterocycles. The molecule has 1 aliphatic rings. The molecule has 2 rings (SSSR count). The zero-order valence-corrected chi connectivity index (χ0v) is 14.3. The molecule has 9 heteroatoms. The lowest BCUT2D eigenvalue weighted by atomic mass is 9.81. The molecule has 7 nitrogen and oxygen atoms in total. The van der Waals surface area contributed by atoms with Crippen molar-refractivity contribution in [2.75, 3.05) is 25.9 Å². The van der Waals surface area contributed by atoms with E-state index in [1.807, 2.05) is 0 Å². The van der Waals surface area contributed by atoms with E-state index in [9.17, 15) is 16.8 Å². The molecule has 0 atom stereocenters. The molecule has 0 spiro atoms. The van der Waals surface area contributed by atoms with Gasteiger partial charge < -0.3 is 5.32 Å². The first-order chi connectivity index (χ1) is 10.1. The third kappa shape index (κ3) is 4.25. The van der Waals surface area contributed by atoms with E-state index in [4.69, 9.17) is 0 Å². The number of pyridine rings is 1. The van der Waals surface area contributed by atoms with Crippen LogP contribution in [0.4, 0.5) is 0 Å². The summed E-state index contributed by atoms with van der Waals surface area (Å²) < 4.78 is 49.8. The highest BCUT2D eigenvalue weighted by atomic mass is 32.2. The van der Waals surface area contributed by atoms with Crippen LogP contribution in [-0.2, 0) is 19.9 Å². The first-order valence-electron chi connectivity index (χ1n) is 6.99. The van der Waals surface area contributed by atoms with Crippen LogP contribution >= 0.6 is 0 Å². The van der Waals surface area contributed by atoms with Gasteiger partial charge in [0.05, 0.1) is 0 Å². The summed E-state index contributed by atoms with van der Waals surface area (Å²) in [6.45, 7) is 4.16. The van der Waals surface area contributed by atoms with Crippen molar-refractivity contribution in [3.05, 3.63) is 18.3 Å². The highest BCUT2D eigenvalue weighted by Crippen LogP contribution is 2.27. The van der Waals surface area contributed by atoms with Crippen LogP contribution in [-0.4, -0.2) is 47.7 Å². The van der Waals surface area contributed by atoms with Crippen LogP contribution in [0.25, 0.3) is 0 Å². The van der Waals surface area contributed by atoms with Gasteiger partial charge in [-0.05, 0) is 43.5 Å². The molecule has 0 aromatic carbocycles. The summed E-state index contributed by atoms with van der Waals surface area (Å²) in [6.07, 6.45) is 3.91. The van der Waals surface area contributed by atoms with Gasteiger partial charge in [0.2, 0.25) is 10.0 Å². The average Bonchev–Trinajstić information content (AvgIpc) is 2.46. The van der Waals surface area contributed by atoms with Crippen LogP contribution in [0.5, 0.6) is 0 Å². The largest absolute Gasteiger partial charge is 0.317 e.